The number of benzene rings is 2. The standard InChI is InChI=1S/C19H21ClN2O6S/c1-19(2,3)22-29(26,27)15-10-11(8-9-13(15)20)17(24)21-14-7-5-6-12(16(14)23)18(25)28-4/h5-10,22-23H,1-4H3,(H,21,24). The summed E-state index contributed by atoms with van der Waals surface area (Å²) in [5.41, 5.74) is -0.920. The van der Waals surface area contributed by atoms with Crippen molar-refractivity contribution in [3.63, 3.8) is 0 Å². The van der Waals surface area contributed by atoms with Gasteiger partial charge in [0.2, 0.25) is 10.0 Å². The van der Waals surface area contributed by atoms with E-state index in [0.29, 0.717) is 0 Å². The predicted octanol–water partition coefficient (Wildman–Crippen LogP) is 3.16. The van der Waals surface area contributed by atoms with E-state index in [1.54, 1.807) is 20.8 Å². The fourth-order valence-electron chi connectivity index (χ4n) is 2.42. The van der Waals surface area contributed by atoms with Gasteiger partial charge in [0.1, 0.15) is 10.5 Å². The lowest BCUT2D eigenvalue weighted by Gasteiger charge is -2.21. The van der Waals surface area contributed by atoms with Crippen LogP contribution in [0.5, 0.6) is 5.75 Å². The van der Waals surface area contributed by atoms with Gasteiger partial charge < -0.3 is 15.2 Å². The highest BCUT2D eigenvalue weighted by molar-refractivity contribution is 7.89. The molecule has 0 unspecified atom stereocenters. The SMILES string of the molecule is COC(=O)c1cccc(NC(=O)c2ccc(Cl)c(S(=O)(=O)NC(C)(C)C)c2)c1O. The molecule has 0 saturated heterocycles. The molecule has 156 valence electrons. The number of aromatic hydroxyl groups is 1. The summed E-state index contributed by atoms with van der Waals surface area (Å²) in [6.07, 6.45) is 0. The van der Waals surface area contributed by atoms with Crippen LogP contribution >= 0.6 is 11.6 Å². The Balaban J connectivity index is 2.38. The van der Waals surface area contributed by atoms with Gasteiger partial charge in [0, 0.05) is 11.1 Å². The number of carbonyl (C=O) groups excluding carboxylic acids is 2. The van der Waals surface area contributed by atoms with E-state index in [9.17, 15) is 23.1 Å². The van der Waals surface area contributed by atoms with Crippen LogP contribution in [0.4, 0.5) is 5.69 Å². The van der Waals surface area contributed by atoms with Gasteiger partial charge in [-0.2, -0.15) is 0 Å². The molecule has 3 N–H and O–H groups in total. The van der Waals surface area contributed by atoms with E-state index < -0.39 is 33.2 Å². The highest BCUT2D eigenvalue weighted by Crippen LogP contribution is 2.29. The van der Waals surface area contributed by atoms with Crippen molar-refractivity contribution in [3.05, 3.63) is 52.5 Å². The van der Waals surface area contributed by atoms with Crippen molar-refractivity contribution in [2.45, 2.75) is 31.2 Å². The summed E-state index contributed by atoms with van der Waals surface area (Å²) < 4.78 is 32.2. The van der Waals surface area contributed by atoms with Crippen LogP contribution in [0.25, 0.3) is 0 Å². The molecule has 0 saturated carbocycles. The van der Waals surface area contributed by atoms with Crippen LogP contribution in [-0.2, 0) is 14.8 Å². The minimum absolute atomic E-state index is 0.00782. The zero-order chi connectivity index (χ0) is 22.0. The maximum absolute atomic E-state index is 12.6. The molecule has 0 aromatic heterocycles. The molecule has 1 amide bonds. The van der Waals surface area contributed by atoms with Gasteiger partial charge in [-0.25, -0.2) is 17.9 Å². The number of amides is 1. The Morgan fingerprint density at radius 1 is 1.14 bits per heavy atom. The third-order valence-electron chi connectivity index (χ3n) is 3.61. The van der Waals surface area contributed by atoms with Gasteiger partial charge in [-0.15, -0.1) is 0 Å². The Morgan fingerprint density at radius 3 is 2.38 bits per heavy atom. The van der Waals surface area contributed by atoms with Crippen molar-refractivity contribution in [2.75, 3.05) is 12.4 Å². The number of methoxy groups -OCH3 is 1. The molecular weight excluding hydrogens is 420 g/mol. The third-order valence-corrected chi connectivity index (χ3v) is 5.85. The van der Waals surface area contributed by atoms with Gasteiger partial charge in [-0.05, 0) is 51.1 Å². The molecule has 2 rings (SSSR count). The molecular formula is C19H21ClN2O6S. The van der Waals surface area contributed by atoms with Crippen molar-refractivity contribution in [1.29, 1.82) is 0 Å². The minimum atomic E-state index is -3.98. The molecule has 0 heterocycles. The summed E-state index contributed by atoms with van der Waals surface area (Å²) in [5, 5.41) is 12.6. The number of phenols is 1. The van der Waals surface area contributed by atoms with Crippen LogP contribution in [-0.4, -0.2) is 38.0 Å². The summed E-state index contributed by atoms with van der Waals surface area (Å²) in [6, 6.07) is 7.93. The van der Waals surface area contributed by atoms with E-state index in [1.165, 1.54) is 30.3 Å². The summed E-state index contributed by atoms with van der Waals surface area (Å²) in [7, 11) is -2.82. The zero-order valence-electron chi connectivity index (χ0n) is 16.2. The summed E-state index contributed by atoms with van der Waals surface area (Å²) in [4.78, 5) is 24.0. The number of nitrogens with one attached hydrogen (secondary N) is 2. The second-order valence-corrected chi connectivity index (χ2v) is 9.21. The highest BCUT2D eigenvalue weighted by Gasteiger charge is 2.25. The van der Waals surface area contributed by atoms with Gasteiger partial charge in [-0.3, -0.25) is 4.79 Å². The maximum atomic E-state index is 12.6. The second-order valence-electron chi connectivity index (χ2n) is 7.15. The van der Waals surface area contributed by atoms with E-state index in [4.69, 9.17) is 11.6 Å². The number of para-hydroxylation sites is 1. The Kier molecular flexibility index (Phi) is 6.56. The number of sulfonamides is 1. The van der Waals surface area contributed by atoms with Crippen molar-refractivity contribution in [3.8, 4) is 5.75 Å². The molecule has 0 aliphatic rings. The average Bonchev–Trinajstić information content (AvgIpc) is 2.61. The van der Waals surface area contributed by atoms with Gasteiger partial charge in [-0.1, -0.05) is 17.7 Å². The molecule has 29 heavy (non-hydrogen) atoms. The van der Waals surface area contributed by atoms with Crippen molar-refractivity contribution >= 4 is 39.2 Å². The lowest BCUT2D eigenvalue weighted by Crippen LogP contribution is -2.40. The number of carbonyl (C=O) groups is 2. The number of ether oxygens (including phenoxy) is 1. The van der Waals surface area contributed by atoms with Gasteiger partial charge in [0.05, 0.1) is 17.8 Å². The smallest absolute Gasteiger partial charge is 0.341 e. The lowest BCUT2D eigenvalue weighted by molar-refractivity contribution is 0.0597. The molecule has 0 radical (unpaired) electrons. The van der Waals surface area contributed by atoms with Gasteiger partial charge in [0.25, 0.3) is 5.91 Å². The van der Waals surface area contributed by atoms with Gasteiger partial charge in [0.15, 0.2) is 5.75 Å². The lowest BCUT2D eigenvalue weighted by atomic mass is 10.1. The van der Waals surface area contributed by atoms with E-state index in [2.05, 4.69) is 14.8 Å². The molecule has 0 spiro atoms. The highest BCUT2D eigenvalue weighted by atomic mass is 35.5. The quantitative estimate of drug-likeness (QED) is 0.485. The molecule has 2 aromatic rings. The first-order chi connectivity index (χ1) is 13.4. The Morgan fingerprint density at radius 2 is 1.79 bits per heavy atom. The van der Waals surface area contributed by atoms with Crippen LogP contribution in [0.3, 0.4) is 0 Å². The summed E-state index contributed by atoms with van der Waals surface area (Å²) in [5.74, 6) is -1.94. The molecule has 0 fully saturated rings. The molecule has 8 nitrogen and oxygen atoms in total. The number of phenolic OH excluding ortho intramolecular Hbond substituents is 1. The first-order valence-corrected chi connectivity index (χ1v) is 10.3. The average molecular weight is 441 g/mol. The maximum Gasteiger partial charge on any atom is 0.341 e. The first-order valence-electron chi connectivity index (χ1n) is 8.41. The summed E-state index contributed by atoms with van der Waals surface area (Å²) in [6.45, 7) is 5.02. The fourth-order valence-corrected chi connectivity index (χ4v) is 4.37. The van der Waals surface area contributed by atoms with Crippen molar-refractivity contribution in [2.24, 2.45) is 0 Å². The first kappa shape index (κ1) is 22.7. The second kappa shape index (κ2) is 8.40. The molecule has 0 aliphatic heterocycles. The van der Waals surface area contributed by atoms with E-state index in [0.717, 1.165) is 13.2 Å². The topological polar surface area (TPSA) is 122 Å². The molecule has 0 bridgehead atoms. The van der Waals surface area contributed by atoms with Crippen LogP contribution in [0.1, 0.15) is 41.5 Å². The number of rotatable bonds is 5. The normalized spacial score (nSPS) is 11.8. The monoisotopic (exact) mass is 440 g/mol. The molecule has 2 aromatic carbocycles. The van der Waals surface area contributed by atoms with E-state index in [1.807, 2.05) is 0 Å². The van der Waals surface area contributed by atoms with Crippen molar-refractivity contribution in [1.82, 2.24) is 4.72 Å². The Hall–Kier alpha value is -2.62. The fraction of sp³-hybridized carbons (Fsp3) is 0.263. The third kappa shape index (κ3) is 5.47. The largest absolute Gasteiger partial charge is 0.505 e. The van der Waals surface area contributed by atoms with Crippen LogP contribution in [0.2, 0.25) is 5.02 Å². The molecule has 10 heteroatoms. The van der Waals surface area contributed by atoms with Crippen LogP contribution in [0, 0.1) is 0 Å². The van der Waals surface area contributed by atoms with Crippen LogP contribution < -0.4 is 10.0 Å². The Bertz CT molecular complexity index is 1060. The van der Waals surface area contributed by atoms with E-state index >= 15 is 0 Å². The zero-order valence-corrected chi connectivity index (χ0v) is 17.8. The number of anilines is 1. The number of esters is 1. The van der Waals surface area contributed by atoms with E-state index in [-0.39, 0.29) is 26.7 Å². The summed E-state index contributed by atoms with van der Waals surface area (Å²) >= 11 is 6.03. The predicted molar refractivity (Wildman–Crippen MR) is 109 cm³/mol. The molecule has 0 aliphatic carbocycles. The molecule has 0 atom stereocenters. The minimum Gasteiger partial charge on any atom is -0.505 e. The number of halogens is 1. The Labute approximate surface area is 173 Å². The van der Waals surface area contributed by atoms with Crippen molar-refractivity contribution < 1.29 is 27.9 Å². The van der Waals surface area contributed by atoms with Crippen LogP contribution in [0.15, 0.2) is 41.3 Å². The van der Waals surface area contributed by atoms with Gasteiger partial charge >= 0.3 is 5.97 Å². The number of hydrogen-bond acceptors (Lipinski definition) is 6. The number of hydrogen-bond donors (Lipinski definition) is 3.